The van der Waals surface area contributed by atoms with Crippen molar-refractivity contribution in [1.82, 2.24) is 25.2 Å². The summed E-state index contributed by atoms with van der Waals surface area (Å²) in [5.41, 5.74) is 16.6. The summed E-state index contributed by atoms with van der Waals surface area (Å²) in [6.45, 7) is 4.24. The summed E-state index contributed by atoms with van der Waals surface area (Å²) in [7, 11) is 0. The number of nitrogens with two attached hydrogens (primary N) is 2. The molecular formula is C28H36N8O. The van der Waals surface area contributed by atoms with Gasteiger partial charge in [0.1, 0.15) is 5.65 Å². The molecule has 0 spiro atoms. The van der Waals surface area contributed by atoms with Gasteiger partial charge in [0.25, 0.3) is 0 Å². The molecule has 2 heterocycles. The zero-order valence-corrected chi connectivity index (χ0v) is 21.3. The molecule has 8 N–H and O–H groups in total. The van der Waals surface area contributed by atoms with Crippen LogP contribution in [0.5, 0.6) is 0 Å². The van der Waals surface area contributed by atoms with Gasteiger partial charge in [-0.15, -0.1) is 0 Å². The van der Waals surface area contributed by atoms with E-state index >= 15 is 0 Å². The molecule has 37 heavy (non-hydrogen) atoms. The fraction of sp³-hybridized carbons (Fsp3) is 0.321. The predicted molar refractivity (Wildman–Crippen MR) is 150 cm³/mol. The number of aromatic nitrogens is 3. The van der Waals surface area contributed by atoms with Crippen LogP contribution in [0.1, 0.15) is 37.3 Å². The van der Waals surface area contributed by atoms with E-state index in [1.54, 1.807) is 4.57 Å². The Morgan fingerprint density at radius 1 is 1.11 bits per heavy atom. The SMILES string of the molecule is C[C@H](N)CCCc1cccc(-c2cc3cn(-c4ccc(CNCCCNC(=N)N)cc4)c(=O)nc3[nH]2)c1. The molecule has 0 unspecified atom stereocenters. The number of nitrogens with zero attached hydrogens (tertiary/aromatic N) is 2. The summed E-state index contributed by atoms with van der Waals surface area (Å²) in [5.74, 6) is -0.00709. The highest BCUT2D eigenvalue weighted by atomic mass is 16.1. The third kappa shape index (κ3) is 7.28. The van der Waals surface area contributed by atoms with Gasteiger partial charge in [0.2, 0.25) is 0 Å². The lowest BCUT2D eigenvalue weighted by Crippen LogP contribution is -2.32. The van der Waals surface area contributed by atoms with Gasteiger partial charge in [-0.25, -0.2) is 4.79 Å². The Morgan fingerprint density at radius 3 is 2.68 bits per heavy atom. The first-order valence-corrected chi connectivity index (χ1v) is 12.7. The average Bonchev–Trinajstić information content (AvgIpc) is 3.29. The summed E-state index contributed by atoms with van der Waals surface area (Å²) in [6, 6.07) is 18.6. The van der Waals surface area contributed by atoms with E-state index < -0.39 is 0 Å². The monoisotopic (exact) mass is 500 g/mol. The van der Waals surface area contributed by atoms with Gasteiger partial charge in [-0.3, -0.25) is 9.98 Å². The van der Waals surface area contributed by atoms with E-state index in [9.17, 15) is 4.79 Å². The molecule has 4 rings (SSSR count). The summed E-state index contributed by atoms with van der Waals surface area (Å²) in [6.07, 6.45) is 5.76. The highest BCUT2D eigenvalue weighted by Crippen LogP contribution is 2.24. The van der Waals surface area contributed by atoms with Crippen molar-refractivity contribution in [2.24, 2.45) is 11.5 Å². The van der Waals surface area contributed by atoms with Gasteiger partial charge in [0.15, 0.2) is 5.96 Å². The molecule has 0 saturated heterocycles. The number of aryl methyl sites for hydroxylation is 1. The number of hydrogen-bond donors (Lipinski definition) is 6. The summed E-state index contributed by atoms with van der Waals surface area (Å²) >= 11 is 0. The van der Waals surface area contributed by atoms with Crippen molar-refractivity contribution in [3.63, 3.8) is 0 Å². The lowest BCUT2D eigenvalue weighted by molar-refractivity contribution is 0.624. The highest BCUT2D eigenvalue weighted by Gasteiger charge is 2.10. The van der Waals surface area contributed by atoms with Gasteiger partial charge >= 0.3 is 5.69 Å². The topological polar surface area (TPSA) is 151 Å². The van der Waals surface area contributed by atoms with Gasteiger partial charge in [0, 0.05) is 36.4 Å². The lowest BCUT2D eigenvalue weighted by atomic mass is 10.0. The molecular weight excluding hydrogens is 464 g/mol. The number of aromatic amines is 1. The largest absolute Gasteiger partial charge is 0.370 e. The van der Waals surface area contributed by atoms with E-state index in [-0.39, 0.29) is 17.7 Å². The second-order valence-corrected chi connectivity index (χ2v) is 9.49. The summed E-state index contributed by atoms with van der Waals surface area (Å²) < 4.78 is 1.58. The minimum Gasteiger partial charge on any atom is -0.370 e. The maximum absolute atomic E-state index is 12.8. The van der Waals surface area contributed by atoms with Crippen molar-refractivity contribution >= 4 is 17.0 Å². The minimum absolute atomic E-state index is 0.00709. The maximum Gasteiger partial charge on any atom is 0.354 e. The molecule has 0 saturated carbocycles. The van der Waals surface area contributed by atoms with Crippen LogP contribution in [-0.2, 0) is 13.0 Å². The smallest absolute Gasteiger partial charge is 0.354 e. The van der Waals surface area contributed by atoms with E-state index in [1.165, 1.54) is 5.56 Å². The number of fused-ring (bicyclic) bond motifs is 1. The number of nitrogens with one attached hydrogen (secondary N) is 4. The highest BCUT2D eigenvalue weighted by molar-refractivity contribution is 5.82. The first kappa shape index (κ1) is 26.1. The summed E-state index contributed by atoms with van der Waals surface area (Å²) in [4.78, 5) is 20.4. The third-order valence-corrected chi connectivity index (χ3v) is 6.26. The third-order valence-electron chi connectivity index (χ3n) is 6.26. The molecule has 2 aromatic carbocycles. The van der Waals surface area contributed by atoms with Crippen LogP contribution in [0.4, 0.5) is 0 Å². The molecule has 0 aliphatic heterocycles. The Balaban J connectivity index is 1.44. The normalized spacial score (nSPS) is 12.1. The van der Waals surface area contributed by atoms with Crippen molar-refractivity contribution in [1.29, 1.82) is 5.41 Å². The zero-order valence-electron chi connectivity index (χ0n) is 21.3. The Labute approximate surface area is 216 Å². The number of H-pyrrole nitrogens is 1. The van der Waals surface area contributed by atoms with Crippen molar-refractivity contribution in [2.45, 2.75) is 45.2 Å². The van der Waals surface area contributed by atoms with Crippen LogP contribution >= 0.6 is 0 Å². The van der Waals surface area contributed by atoms with Crippen molar-refractivity contribution in [2.75, 3.05) is 13.1 Å². The molecule has 1 atom stereocenters. The van der Waals surface area contributed by atoms with Gasteiger partial charge in [-0.05, 0) is 80.1 Å². The molecule has 0 amide bonds. The number of rotatable bonds is 12. The Bertz CT molecular complexity index is 1390. The van der Waals surface area contributed by atoms with Gasteiger partial charge < -0.3 is 27.1 Å². The zero-order chi connectivity index (χ0) is 26.2. The van der Waals surface area contributed by atoms with E-state index in [1.807, 2.05) is 43.5 Å². The number of benzene rings is 2. The molecule has 0 aliphatic rings. The van der Waals surface area contributed by atoms with Crippen LogP contribution in [0.15, 0.2) is 65.6 Å². The first-order chi connectivity index (χ1) is 17.9. The summed E-state index contributed by atoms with van der Waals surface area (Å²) in [5, 5.41) is 14.2. The molecule has 0 bridgehead atoms. The molecule has 194 valence electrons. The average molecular weight is 501 g/mol. The van der Waals surface area contributed by atoms with Gasteiger partial charge in [-0.2, -0.15) is 4.98 Å². The quantitative estimate of drug-likeness (QED) is 0.1000. The molecule has 9 nitrogen and oxygen atoms in total. The van der Waals surface area contributed by atoms with Crippen LogP contribution in [0.25, 0.3) is 28.0 Å². The van der Waals surface area contributed by atoms with Crippen LogP contribution < -0.4 is 27.8 Å². The molecule has 0 aliphatic carbocycles. The fourth-order valence-corrected chi connectivity index (χ4v) is 4.30. The maximum atomic E-state index is 12.8. The van der Waals surface area contributed by atoms with Crippen LogP contribution in [0, 0.1) is 5.41 Å². The minimum atomic E-state index is -0.325. The van der Waals surface area contributed by atoms with Crippen LogP contribution in [0.2, 0.25) is 0 Å². The Hall–Kier alpha value is -3.95. The molecule has 2 aromatic heterocycles. The van der Waals surface area contributed by atoms with E-state index in [2.05, 4.69) is 44.9 Å². The van der Waals surface area contributed by atoms with E-state index in [4.69, 9.17) is 16.9 Å². The van der Waals surface area contributed by atoms with Crippen LogP contribution in [0.3, 0.4) is 0 Å². The lowest BCUT2D eigenvalue weighted by Gasteiger charge is -2.08. The standard InChI is InChI=1S/C28H36N8O/c1-19(29)5-2-6-20-7-3-8-22(15-20)25-16-23-18-36(28(37)35-26(23)34-25)24-11-9-21(10-12-24)17-32-13-4-14-33-27(30)31/h3,7-12,15-16,18-19,32H,2,4-6,13-14,17,29H2,1H3,(H4,30,31,33)(H,34,35,37)/t19-/m0/s1. The molecule has 9 heteroatoms. The van der Waals surface area contributed by atoms with Gasteiger partial charge in [0.05, 0.1) is 5.69 Å². The van der Waals surface area contributed by atoms with Crippen LogP contribution in [-0.4, -0.2) is 39.6 Å². The first-order valence-electron chi connectivity index (χ1n) is 12.7. The number of hydrogen-bond acceptors (Lipinski definition) is 5. The van der Waals surface area contributed by atoms with E-state index in [0.29, 0.717) is 12.2 Å². The molecule has 0 radical (unpaired) electrons. The van der Waals surface area contributed by atoms with Crippen molar-refractivity contribution < 1.29 is 0 Å². The Morgan fingerprint density at radius 2 is 1.92 bits per heavy atom. The molecule has 0 fully saturated rings. The van der Waals surface area contributed by atoms with Gasteiger partial charge in [-0.1, -0.05) is 30.3 Å². The predicted octanol–water partition coefficient (Wildman–Crippen LogP) is 3.01. The van der Waals surface area contributed by atoms with Crippen molar-refractivity contribution in [3.8, 4) is 16.9 Å². The Kier molecular flexibility index (Phi) is 8.71. The van der Waals surface area contributed by atoms with Crippen molar-refractivity contribution in [3.05, 3.63) is 82.4 Å². The fourth-order valence-electron chi connectivity index (χ4n) is 4.30. The van der Waals surface area contributed by atoms with E-state index in [0.717, 1.165) is 66.7 Å². The number of guanidine groups is 1. The molecule has 4 aromatic rings. The second-order valence-electron chi connectivity index (χ2n) is 9.49. The second kappa shape index (κ2) is 12.3.